The lowest BCUT2D eigenvalue weighted by Gasteiger charge is -2.34. The fourth-order valence-electron chi connectivity index (χ4n) is 1.70. The first kappa shape index (κ1) is 13.5. The first-order valence-electron chi connectivity index (χ1n) is 5.71. The van der Waals surface area contributed by atoms with Crippen LogP contribution in [0.15, 0.2) is 12.7 Å². The maximum Gasteiger partial charge on any atom is 0.317 e. The molecule has 2 amide bonds. The third-order valence-electron chi connectivity index (χ3n) is 2.70. The monoisotopic (exact) mass is 241 g/mol. The first-order chi connectivity index (χ1) is 8.13. The highest BCUT2D eigenvalue weighted by Gasteiger charge is 2.20. The summed E-state index contributed by atoms with van der Waals surface area (Å²) < 4.78 is 0. The van der Waals surface area contributed by atoms with Crippen LogP contribution in [0.25, 0.3) is 0 Å². The van der Waals surface area contributed by atoms with Crippen LogP contribution in [-0.4, -0.2) is 66.2 Å². The van der Waals surface area contributed by atoms with Gasteiger partial charge in [0.1, 0.15) is 0 Å². The second-order valence-corrected chi connectivity index (χ2v) is 3.95. The van der Waals surface area contributed by atoms with Gasteiger partial charge in [-0.15, -0.1) is 6.58 Å². The van der Waals surface area contributed by atoms with Gasteiger partial charge in [0.2, 0.25) is 0 Å². The molecule has 1 rings (SSSR count). The van der Waals surface area contributed by atoms with E-state index < -0.39 is 5.97 Å². The number of nitrogens with zero attached hydrogens (tertiary/aromatic N) is 2. The molecule has 2 N–H and O–H groups in total. The highest BCUT2D eigenvalue weighted by Crippen LogP contribution is 2.02. The van der Waals surface area contributed by atoms with Crippen LogP contribution in [-0.2, 0) is 4.79 Å². The average Bonchev–Trinajstić information content (AvgIpc) is 2.34. The Labute approximate surface area is 101 Å². The molecule has 0 aromatic rings. The van der Waals surface area contributed by atoms with Gasteiger partial charge >= 0.3 is 12.0 Å². The van der Waals surface area contributed by atoms with Crippen LogP contribution in [0.5, 0.6) is 0 Å². The van der Waals surface area contributed by atoms with Crippen molar-refractivity contribution >= 4 is 12.0 Å². The molecule has 0 saturated carbocycles. The zero-order chi connectivity index (χ0) is 12.7. The normalized spacial score (nSPS) is 16.6. The molecule has 1 aliphatic heterocycles. The van der Waals surface area contributed by atoms with Crippen molar-refractivity contribution in [1.29, 1.82) is 0 Å². The standard InChI is InChI=1S/C11H19N3O3/c1-2-4-12-11(17)14-8-6-13(7-9-14)5-3-10(15)16/h2H,1,3-9H2,(H,12,17)(H,15,16). The number of carbonyl (C=O) groups excluding carboxylic acids is 1. The Morgan fingerprint density at radius 2 is 1.94 bits per heavy atom. The minimum Gasteiger partial charge on any atom is -0.481 e. The molecule has 1 saturated heterocycles. The number of hydrogen-bond acceptors (Lipinski definition) is 3. The number of aliphatic carboxylic acids is 1. The zero-order valence-corrected chi connectivity index (χ0v) is 9.89. The molecule has 0 aliphatic carbocycles. The molecular weight excluding hydrogens is 222 g/mol. The molecule has 96 valence electrons. The Balaban J connectivity index is 2.23. The van der Waals surface area contributed by atoms with Gasteiger partial charge in [0.05, 0.1) is 6.42 Å². The van der Waals surface area contributed by atoms with Gasteiger partial charge in [-0.05, 0) is 0 Å². The lowest BCUT2D eigenvalue weighted by molar-refractivity contribution is -0.137. The molecular formula is C11H19N3O3. The third kappa shape index (κ3) is 4.86. The van der Waals surface area contributed by atoms with Crippen molar-refractivity contribution in [3.05, 3.63) is 12.7 Å². The fraction of sp³-hybridized carbons (Fsp3) is 0.636. The number of carboxylic acids is 1. The minimum absolute atomic E-state index is 0.0808. The van der Waals surface area contributed by atoms with Crippen molar-refractivity contribution in [1.82, 2.24) is 15.1 Å². The number of hydrogen-bond donors (Lipinski definition) is 2. The summed E-state index contributed by atoms with van der Waals surface area (Å²) in [7, 11) is 0. The molecule has 0 unspecified atom stereocenters. The zero-order valence-electron chi connectivity index (χ0n) is 9.89. The smallest absolute Gasteiger partial charge is 0.317 e. The molecule has 6 nitrogen and oxygen atoms in total. The summed E-state index contributed by atoms with van der Waals surface area (Å²) >= 11 is 0. The van der Waals surface area contributed by atoms with Gasteiger partial charge in [0.15, 0.2) is 0 Å². The van der Waals surface area contributed by atoms with Gasteiger partial charge in [-0.2, -0.15) is 0 Å². The van der Waals surface area contributed by atoms with E-state index in [0.29, 0.717) is 26.2 Å². The number of piperazine rings is 1. The van der Waals surface area contributed by atoms with E-state index in [1.54, 1.807) is 11.0 Å². The molecule has 6 heteroatoms. The van der Waals surface area contributed by atoms with E-state index in [4.69, 9.17) is 5.11 Å². The van der Waals surface area contributed by atoms with Crippen molar-refractivity contribution in [3.8, 4) is 0 Å². The Morgan fingerprint density at radius 3 is 2.47 bits per heavy atom. The van der Waals surface area contributed by atoms with Crippen LogP contribution in [0.3, 0.4) is 0 Å². The van der Waals surface area contributed by atoms with Crippen molar-refractivity contribution in [3.63, 3.8) is 0 Å². The summed E-state index contributed by atoms with van der Waals surface area (Å²) in [6.07, 6.45) is 1.80. The van der Waals surface area contributed by atoms with Crippen LogP contribution in [0.2, 0.25) is 0 Å². The summed E-state index contributed by atoms with van der Waals surface area (Å²) in [5, 5.41) is 11.3. The van der Waals surface area contributed by atoms with Crippen LogP contribution in [0.4, 0.5) is 4.79 Å². The minimum atomic E-state index is -0.781. The summed E-state index contributed by atoms with van der Waals surface area (Å²) in [4.78, 5) is 25.8. The topological polar surface area (TPSA) is 72.9 Å². The highest BCUT2D eigenvalue weighted by molar-refractivity contribution is 5.74. The molecule has 0 aromatic heterocycles. The van der Waals surface area contributed by atoms with Crippen molar-refractivity contribution in [2.45, 2.75) is 6.42 Å². The molecule has 0 atom stereocenters. The van der Waals surface area contributed by atoms with Crippen molar-refractivity contribution in [2.75, 3.05) is 39.3 Å². The SMILES string of the molecule is C=CCNC(=O)N1CCN(CCC(=O)O)CC1. The molecule has 0 aromatic carbocycles. The average molecular weight is 241 g/mol. The molecule has 0 spiro atoms. The number of rotatable bonds is 5. The molecule has 17 heavy (non-hydrogen) atoms. The maximum absolute atomic E-state index is 11.6. The Kier molecular flexibility index (Phi) is 5.48. The van der Waals surface area contributed by atoms with Crippen molar-refractivity contribution in [2.24, 2.45) is 0 Å². The predicted molar refractivity (Wildman–Crippen MR) is 63.9 cm³/mol. The molecule has 0 bridgehead atoms. The van der Waals surface area contributed by atoms with Crippen LogP contribution >= 0.6 is 0 Å². The van der Waals surface area contributed by atoms with Gasteiger partial charge in [0, 0.05) is 39.3 Å². The largest absolute Gasteiger partial charge is 0.481 e. The van der Waals surface area contributed by atoms with Crippen LogP contribution < -0.4 is 5.32 Å². The Bertz CT molecular complexity index is 286. The number of amides is 2. The van der Waals surface area contributed by atoms with E-state index in [2.05, 4.69) is 16.8 Å². The van der Waals surface area contributed by atoms with E-state index >= 15 is 0 Å². The third-order valence-corrected chi connectivity index (χ3v) is 2.70. The first-order valence-corrected chi connectivity index (χ1v) is 5.71. The summed E-state index contributed by atoms with van der Waals surface area (Å²) in [5.74, 6) is -0.781. The van der Waals surface area contributed by atoms with Crippen molar-refractivity contribution < 1.29 is 14.7 Å². The molecule has 1 fully saturated rings. The highest BCUT2D eigenvalue weighted by atomic mass is 16.4. The molecule has 0 radical (unpaired) electrons. The van der Waals surface area contributed by atoms with Gasteiger partial charge in [-0.1, -0.05) is 6.08 Å². The van der Waals surface area contributed by atoms with E-state index in [0.717, 1.165) is 13.1 Å². The quantitative estimate of drug-likeness (QED) is 0.663. The summed E-state index contributed by atoms with van der Waals surface area (Å²) in [6, 6.07) is -0.0808. The van der Waals surface area contributed by atoms with Gasteiger partial charge < -0.3 is 15.3 Å². The predicted octanol–water partition coefficient (Wildman–Crippen LogP) is -0.0257. The second-order valence-electron chi connectivity index (χ2n) is 3.95. The lowest BCUT2D eigenvalue weighted by atomic mass is 10.3. The van der Waals surface area contributed by atoms with E-state index in [1.165, 1.54) is 0 Å². The molecule has 1 heterocycles. The lowest BCUT2D eigenvalue weighted by Crippen LogP contribution is -2.52. The van der Waals surface area contributed by atoms with Crippen LogP contribution in [0.1, 0.15) is 6.42 Å². The van der Waals surface area contributed by atoms with E-state index in [-0.39, 0.29) is 12.5 Å². The van der Waals surface area contributed by atoms with Gasteiger partial charge in [-0.25, -0.2) is 4.79 Å². The van der Waals surface area contributed by atoms with E-state index in [1.807, 2.05) is 0 Å². The Morgan fingerprint density at radius 1 is 1.29 bits per heavy atom. The Hall–Kier alpha value is -1.56. The number of carboxylic acid groups (broad SMARTS) is 1. The molecule has 1 aliphatic rings. The number of carbonyl (C=O) groups is 2. The maximum atomic E-state index is 11.6. The van der Waals surface area contributed by atoms with Crippen LogP contribution in [0, 0.1) is 0 Å². The fourth-order valence-corrected chi connectivity index (χ4v) is 1.70. The number of nitrogens with one attached hydrogen (secondary N) is 1. The van der Waals surface area contributed by atoms with E-state index in [9.17, 15) is 9.59 Å². The van der Waals surface area contributed by atoms with Gasteiger partial charge in [-0.3, -0.25) is 9.69 Å². The second kappa shape index (κ2) is 6.90. The number of urea groups is 1. The summed E-state index contributed by atoms with van der Waals surface area (Å²) in [6.45, 7) is 7.30. The van der Waals surface area contributed by atoms with Gasteiger partial charge in [0.25, 0.3) is 0 Å². The summed E-state index contributed by atoms with van der Waals surface area (Å²) in [5.41, 5.74) is 0.